The Morgan fingerprint density at radius 1 is 1.65 bits per heavy atom. The average molecular weight is 359 g/mol. The van der Waals surface area contributed by atoms with Crippen molar-refractivity contribution in [1.29, 1.82) is 5.26 Å². The Morgan fingerprint density at radius 2 is 2.30 bits per heavy atom. The molecule has 104 valence electrons. The van der Waals surface area contributed by atoms with Crippen LogP contribution in [-0.4, -0.2) is 27.4 Å². The summed E-state index contributed by atoms with van der Waals surface area (Å²) in [4.78, 5) is 25.3. The molecule has 20 heavy (non-hydrogen) atoms. The van der Waals surface area contributed by atoms with Gasteiger partial charge < -0.3 is 5.11 Å². The number of nitro benzene ring substituents is 1. The van der Waals surface area contributed by atoms with Crippen LogP contribution >= 0.6 is 27.7 Å². The fraction of sp³-hybridized carbons (Fsp3) is 0.100. The molecule has 0 aromatic heterocycles. The molecule has 1 rings (SSSR count). The van der Waals surface area contributed by atoms with E-state index < -0.39 is 16.6 Å². The number of benzene rings is 1. The lowest BCUT2D eigenvalue weighted by Crippen LogP contribution is -2.13. The molecule has 0 aliphatic heterocycles. The third kappa shape index (κ3) is 3.69. The number of carbonyl (C=O) groups is 1. The quantitative estimate of drug-likeness (QED) is 0.212. The van der Waals surface area contributed by atoms with Gasteiger partial charge in [0.2, 0.25) is 0 Å². The average Bonchev–Trinajstić information content (AvgIpc) is 2.38. The third-order valence-electron chi connectivity index (χ3n) is 2.05. The summed E-state index contributed by atoms with van der Waals surface area (Å²) in [5.74, 6) is -1.36. The summed E-state index contributed by atoms with van der Waals surface area (Å²) in [5, 5.41) is 30.9. The van der Waals surface area contributed by atoms with Gasteiger partial charge in [0.05, 0.1) is 10.5 Å². The second-order valence-corrected chi connectivity index (χ2v) is 4.95. The summed E-state index contributed by atoms with van der Waals surface area (Å²) >= 11 is 4.03. The van der Waals surface area contributed by atoms with Gasteiger partial charge in [0.1, 0.15) is 0 Å². The van der Waals surface area contributed by atoms with Crippen LogP contribution < -0.4 is 5.32 Å². The van der Waals surface area contributed by atoms with Crippen molar-refractivity contribution in [3.05, 3.63) is 32.3 Å². The summed E-state index contributed by atoms with van der Waals surface area (Å²) in [6.07, 6.45) is 3.21. The number of aromatic carboxylic acids is 1. The number of nitrogens with zero attached hydrogens (tertiary/aromatic N) is 3. The Labute approximate surface area is 125 Å². The van der Waals surface area contributed by atoms with E-state index in [1.54, 1.807) is 12.4 Å². The molecule has 0 unspecified atom stereocenters. The van der Waals surface area contributed by atoms with Gasteiger partial charge in [-0.05, 0) is 12.3 Å². The predicted molar refractivity (Wildman–Crippen MR) is 77.1 cm³/mol. The fourth-order valence-electron chi connectivity index (χ4n) is 1.28. The van der Waals surface area contributed by atoms with E-state index in [4.69, 9.17) is 10.4 Å². The molecule has 0 bridgehead atoms. The van der Waals surface area contributed by atoms with E-state index in [1.165, 1.54) is 6.07 Å². The van der Waals surface area contributed by atoms with Crippen LogP contribution in [0.15, 0.2) is 21.6 Å². The Morgan fingerprint density at radius 3 is 2.75 bits per heavy atom. The number of thioether (sulfide) groups is 1. The van der Waals surface area contributed by atoms with E-state index >= 15 is 0 Å². The van der Waals surface area contributed by atoms with Gasteiger partial charge in [-0.15, -0.1) is 0 Å². The topological polar surface area (TPSA) is 129 Å². The third-order valence-corrected chi connectivity index (χ3v) is 3.09. The summed E-state index contributed by atoms with van der Waals surface area (Å²) in [5.41, 5.74) is -1.13. The second-order valence-electron chi connectivity index (χ2n) is 3.24. The van der Waals surface area contributed by atoms with Gasteiger partial charge in [0.25, 0.3) is 5.69 Å². The van der Waals surface area contributed by atoms with E-state index in [9.17, 15) is 14.9 Å². The first-order valence-electron chi connectivity index (χ1n) is 4.89. The van der Waals surface area contributed by atoms with Crippen LogP contribution in [0.4, 0.5) is 11.4 Å². The molecule has 0 atom stereocenters. The number of nitro groups is 1. The molecule has 0 aliphatic carbocycles. The van der Waals surface area contributed by atoms with Gasteiger partial charge >= 0.3 is 5.97 Å². The number of aliphatic imine (C=N–C) groups is 1. The maximum atomic E-state index is 11.2. The molecule has 1 aromatic carbocycles. The number of amidine groups is 1. The zero-order valence-corrected chi connectivity index (χ0v) is 12.4. The zero-order chi connectivity index (χ0) is 15.3. The molecule has 10 heteroatoms. The number of hydrogen-bond donors (Lipinski definition) is 2. The van der Waals surface area contributed by atoms with Gasteiger partial charge in [-0.2, -0.15) is 5.26 Å². The maximum absolute atomic E-state index is 11.2. The van der Waals surface area contributed by atoms with Crippen LogP contribution in [0.25, 0.3) is 0 Å². The number of nitrogens with one attached hydrogen (secondary N) is 1. The first kappa shape index (κ1) is 15.9. The first-order chi connectivity index (χ1) is 9.40. The molecule has 1 aromatic rings. The number of hydrogen-bond acceptors (Lipinski definition) is 6. The monoisotopic (exact) mass is 358 g/mol. The number of carboxylic acid groups (broad SMARTS) is 1. The number of halogens is 1. The number of rotatable bonds is 3. The van der Waals surface area contributed by atoms with E-state index in [-0.39, 0.29) is 20.9 Å². The summed E-state index contributed by atoms with van der Waals surface area (Å²) in [6, 6.07) is 2.36. The van der Waals surface area contributed by atoms with Crippen LogP contribution in [0.2, 0.25) is 0 Å². The maximum Gasteiger partial charge on any atom is 0.338 e. The van der Waals surface area contributed by atoms with Gasteiger partial charge in [0, 0.05) is 10.5 Å². The van der Waals surface area contributed by atoms with Crippen LogP contribution in [0.5, 0.6) is 0 Å². The van der Waals surface area contributed by atoms with Crippen molar-refractivity contribution < 1.29 is 14.8 Å². The van der Waals surface area contributed by atoms with Crippen LogP contribution in [0, 0.1) is 21.6 Å². The standard InChI is InChI=1S/C10H7BrN4O4S/c1-20-10(13-4-12)14-8-6(9(16)17)2-5(11)3-7(8)15(18)19/h2-3H,1H3,(H,13,14)(H,16,17). The normalized spacial score (nSPS) is 10.8. The molecular weight excluding hydrogens is 352 g/mol. The molecule has 0 radical (unpaired) electrons. The van der Waals surface area contributed by atoms with Crippen molar-refractivity contribution in [3.8, 4) is 6.19 Å². The Kier molecular flexibility index (Phi) is 5.48. The second kappa shape index (κ2) is 6.88. The number of carboxylic acids is 1. The molecule has 0 saturated heterocycles. The highest BCUT2D eigenvalue weighted by molar-refractivity contribution is 9.10. The molecule has 0 saturated carbocycles. The Hall–Kier alpha value is -2.12. The van der Waals surface area contributed by atoms with Crippen molar-refractivity contribution in [3.63, 3.8) is 0 Å². The molecule has 0 fully saturated rings. The highest BCUT2D eigenvalue weighted by Gasteiger charge is 2.23. The molecule has 0 spiro atoms. The van der Waals surface area contributed by atoms with Gasteiger partial charge in [-0.25, -0.2) is 9.79 Å². The molecule has 2 N–H and O–H groups in total. The minimum Gasteiger partial charge on any atom is -0.478 e. The molecule has 0 amide bonds. The largest absolute Gasteiger partial charge is 0.478 e. The zero-order valence-electron chi connectivity index (χ0n) is 9.95. The molecule has 0 aliphatic rings. The Bertz CT molecular complexity index is 606. The minimum atomic E-state index is -1.36. The lowest BCUT2D eigenvalue weighted by Gasteiger charge is -2.05. The lowest BCUT2D eigenvalue weighted by molar-refractivity contribution is -0.384. The van der Waals surface area contributed by atoms with Crippen LogP contribution in [-0.2, 0) is 0 Å². The SMILES string of the molecule is CSC(=Nc1c(C(=O)O)cc(Br)cc1[N+](=O)[O-])NC#N. The van der Waals surface area contributed by atoms with E-state index in [1.807, 2.05) is 0 Å². The first-order valence-corrected chi connectivity index (χ1v) is 6.91. The highest BCUT2D eigenvalue weighted by Crippen LogP contribution is 2.35. The van der Waals surface area contributed by atoms with Crippen molar-refractivity contribution in [1.82, 2.24) is 5.32 Å². The molecule has 8 nitrogen and oxygen atoms in total. The highest BCUT2D eigenvalue weighted by atomic mass is 79.9. The van der Waals surface area contributed by atoms with Crippen molar-refractivity contribution in [2.24, 2.45) is 4.99 Å². The van der Waals surface area contributed by atoms with Crippen molar-refractivity contribution in [2.45, 2.75) is 0 Å². The van der Waals surface area contributed by atoms with Gasteiger partial charge in [-0.1, -0.05) is 27.7 Å². The predicted octanol–water partition coefficient (Wildman–Crippen LogP) is 2.48. The van der Waals surface area contributed by atoms with Crippen molar-refractivity contribution in [2.75, 3.05) is 6.26 Å². The summed E-state index contributed by atoms with van der Waals surface area (Å²) < 4.78 is 0.250. The molecular formula is C10H7BrN4O4S. The fourth-order valence-corrected chi connectivity index (χ4v) is 2.05. The van der Waals surface area contributed by atoms with Crippen LogP contribution in [0.1, 0.15) is 10.4 Å². The molecule has 0 heterocycles. The van der Waals surface area contributed by atoms with Gasteiger partial charge in [0.15, 0.2) is 17.0 Å². The lowest BCUT2D eigenvalue weighted by atomic mass is 10.1. The van der Waals surface area contributed by atoms with E-state index in [2.05, 4.69) is 26.2 Å². The Balaban J connectivity index is 3.60. The van der Waals surface area contributed by atoms with Crippen LogP contribution in [0.3, 0.4) is 0 Å². The number of nitriles is 1. The summed E-state index contributed by atoms with van der Waals surface area (Å²) in [6.45, 7) is 0. The van der Waals surface area contributed by atoms with E-state index in [0.29, 0.717) is 0 Å². The van der Waals surface area contributed by atoms with Crippen molar-refractivity contribution >= 4 is 50.2 Å². The summed E-state index contributed by atoms with van der Waals surface area (Å²) in [7, 11) is 0. The van der Waals surface area contributed by atoms with E-state index in [0.717, 1.165) is 17.8 Å². The van der Waals surface area contributed by atoms with Gasteiger partial charge in [-0.3, -0.25) is 15.4 Å². The minimum absolute atomic E-state index is 0.0559. The smallest absolute Gasteiger partial charge is 0.338 e.